The lowest BCUT2D eigenvalue weighted by atomic mass is 10.1. The summed E-state index contributed by atoms with van der Waals surface area (Å²) in [5.74, 6) is 0.0495. The van der Waals surface area contributed by atoms with Crippen LogP contribution >= 0.6 is 0 Å². The Kier molecular flexibility index (Phi) is 5.08. The van der Waals surface area contributed by atoms with Gasteiger partial charge in [0.15, 0.2) is 0 Å². The predicted molar refractivity (Wildman–Crippen MR) is 88.2 cm³/mol. The van der Waals surface area contributed by atoms with E-state index in [1.54, 1.807) is 17.1 Å². The van der Waals surface area contributed by atoms with E-state index in [0.717, 1.165) is 32.4 Å². The monoisotopic (exact) mass is 313 g/mol. The van der Waals surface area contributed by atoms with E-state index in [0.29, 0.717) is 12.1 Å². The second kappa shape index (κ2) is 7.42. The van der Waals surface area contributed by atoms with Crippen LogP contribution in [0.4, 0.5) is 0 Å². The Morgan fingerprint density at radius 3 is 2.91 bits per heavy atom. The van der Waals surface area contributed by atoms with E-state index in [1.165, 1.54) is 5.56 Å². The lowest BCUT2D eigenvalue weighted by Crippen LogP contribution is -2.30. The first kappa shape index (κ1) is 15.7. The number of aryl methyl sites for hydroxylation is 2. The van der Waals surface area contributed by atoms with Crippen LogP contribution in [0.15, 0.2) is 42.7 Å². The highest BCUT2D eigenvalue weighted by Gasteiger charge is 2.27. The quantitative estimate of drug-likeness (QED) is 0.769. The summed E-state index contributed by atoms with van der Waals surface area (Å²) in [6.45, 7) is 2.19. The zero-order valence-electron chi connectivity index (χ0n) is 13.5. The molecule has 1 aromatic carbocycles. The van der Waals surface area contributed by atoms with Gasteiger partial charge in [0, 0.05) is 32.9 Å². The third kappa shape index (κ3) is 4.20. The Morgan fingerprint density at radius 1 is 1.35 bits per heavy atom. The van der Waals surface area contributed by atoms with E-state index in [1.807, 2.05) is 18.0 Å². The fraction of sp³-hybridized carbons (Fsp3) is 0.444. The van der Waals surface area contributed by atoms with Gasteiger partial charge in [0.05, 0.1) is 17.9 Å². The molecule has 1 fully saturated rings. The highest BCUT2D eigenvalue weighted by atomic mass is 16.5. The Bertz CT molecular complexity index is 639. The third-order valence-electron chi connectivity index (χ3n) is 4.19. The first-order valence-electron chi connectivity index (χ1n) is 8.16. The predicted octanol–water partition coefficient (Wildman–Crippen LogP) is 2.28. The van der Waals surface area contributed by atoms with Crippen molar-refractivity contribution in [2.24, 2.45) is 7.05 Å². The summed E-state index contributed by atoms with van der Waals surface area (Å²) in [5.41, 5.74) is 1.99. The molecule has 2 aromatic rings. The van der Waals surface area contributed by atoms with Gasteiger partial charge >= 0.3 is 0 Å². The van der Waals surface area contributed by atoms with Gasteiger partial charge in [-0.25, -0.2) is 0 Å². The van der Waals surface area contributed by atoms with E-state index >= 15 is 0 Å². The molecule has 1 atom stereocenters. The van der Waals surface area contributed by atoms with Crippen LogP contribution in [0, 0.1) is 0 Å². The summed E-state index contributed by atoms with van der Waals surface area (Å²) in [7, 11) is 1.82. The molecule has 1 amide bonds. The van der Waals surface area contributed by atoms with Crippen LogP contribution in [-0.2, 0) is 18.2 Å². The Hall–Kier alpha value is -2.14. The average molecular weight is 313 g/mol. The number of benzene rings is 1. The molecule has 23 heavy (non-hydrogen) atoms. The van der Waals surface area contributed by atoms with Crippen molar-refractivity contribution in [3.63, 3.8) is 0 Å². The maximum absolute atomic E-state index is 12.3. The molecule has 0 N–H and O–H groups in total. The number of hydrogen-bond donors (Lipinski definition) is 0. The van der Waals surface area contributed by atoms with Gasteiger partial charge in [0.25, 0.3) is 5.91 Å². The molecule has 0 bridgehead atoms. The van der Waals surface area contributed by atoms with Crippen molar-refractivity contribution in [1.29, 1.82) is 0 Å². The smallest absolute Gasteiger partial charge is 0.257 e. The van der Waals surface area contributed by atoms with Gasteiger partial charge in [-0.05, 0) is 24.8 Å². The zero-order chi connectivity index (χ0) is 16.1. The molecular formula is C18H23N3O2. The molecule has 0 spiro atoms. The Morgan fingerprint density at radius 2 is 2.17 bits per heavy atom. The summed E-state index contributed by atoms with van der Waals surface area (Å²) in [4.78, 5) is 14.2. The van der Waals surface area contributed by atoms with Crippen molar-refractivity contribution in [3.8, 4) is 0 Å². The first-order valence-corrected chi connectivity index (χ1v) is 8.16. The van der Waals surface area contributed by atoms with Gasteiger partial charge in [0.2, 0.25) is 0 Å². The maximum atomic E-state index is 12.3. The maximum Gasteiger partial charge on any atom is 0.257 e. The summed E-state index contributed by atoms with van der Waals surface area (Å²) >= 11 is 0. The lowest BCUT2D eigenvalue weighted by Gasteiger charge is -2.16. The molecule has 0 saturated carbocycles. The van der Waals surface area contributed by atoms with Crippen molar-refractivity contribution in [2.75, 3.05) is 19.7 Å². The Balaban J connectivity index is 1.39. The number of ether oxygens (including phenoxy) is 1. The van der Waals surface area contributed by atoms with Gasteiger partial charge in [-0.15, -0.1) is 0 Å². The fourth-order valence-corrected chi connectivity index (χ4v) is 2.93. The fourth-order valence-electron chi connectivity index (χ4n) is 2.93. The van der Waals surface area contributed by atoms with Gasteiger partial charge in [0.1, 0.15) is 0 Å². The van der Waals surface area contributed by atoms with Crippen molar-refractivity contribution in [3.05, 3.63) is 53.9 Å². The van der Waals surface area contributed by atoms with Crippen LogP contribution in [0.3, 0.4) is 0 Å². The molecule has 122 valence electrons. The van der Waals surface area contributed by atoms with Crippen LogP contribution in [0.25, 0.3) is 0 Å². The highest BCUT2D eigenvalue weighted by Crippen LogP contribution is 2.16. The minimum absolute atomic E-state index is 0.0495. The van der Waals surface area contributed by atoms with Crippen molar-refractivity contribution >= 4 is 5.91 Å². The van der Waals surface area contributed by atoms with Gasteiger partial charge in [-0.1, -0.05) is 30.3 Å². The van der Waals surface area contributed by atoms with Crippen LogP contribution in [0.1, 0.15) is 28.8 Å². The number of nitrogens with zero attached hydrogens (tertiary/aromatic N) is 3. The lowest BCUT2D eigenvalue weighted by molar-refractivity contribution is 0.0525. The first-order chi connectivity index (χ1) is 11.2. The van der Waals surface area contributed by atoms with Crippen molar-refractivity contribution in [2.45, 2.75) is 25.4 Å². The summed E-state index contributed by atoms with van der Waals surface area (Å²) in [6.07, 6.45) is 6.50. The van der Waals surface area contributed by atoms with E-state index in [-0.39, 0.29) is 12.0 Å². The number of hydrogen-bond acceptors (Lipinski definition) is 3. The van der Waals surface area contributed by atoms with E-state index < -0.39 is 0 Å². The van der Waals surface area contributed by atoms with E-state index in [2.05, 4.69) is 29.4 Å². The molecule has 3 rings (SSSR count). The van der Waals surface area contributed by atoms with Crippen molar-refractivity contribution < 1.29 is 9.53 Å². The second-order valence-corrected chi connectivity index (χ2v) is 6.02. The molecule has 1 saturated heterocycles. The average Bonchev–Trinajstić information content (AvgIpc) is 3.21. The van der Waals surface area contributed by atoms with Gasteiger partial charge in [-0.2, -0.15) is 5.10 Å². The normalized spacial score (nSPS) is 17.6. The molecule has 0 aliphatic carbocycles. The number of rotatable bonds is 6. The van der Waals surface area contributed by atoms with Crippen molar-refractivity contribution in [1.82, 2.24) is 14.7 Å². The topological polar surface area (TPSA) is 47.4 Å². The molecule has 5 heteroatoms. The third-order valence-corrected chi connectivity index (χ3v) is 4.19. The van der Waals surface area contributed by atoms with Gasteiger partial charge in [-0.3, -0.25) is 9.48 Å². The number of carbonyl (C=O) groups is 1. The molecule has 1 unspecified atom stereocenters. The molecule has 2 heterocycles. The molecule has 5 nitrogen and oxygen atoms in total. The SMILES string of the molecule is Cn1cc(C(=O)N2CCC(OCCCc3ccccc3)C2)cn1. The second-order valence-electron chi connectivity index (χ2n) is 6.02. The molecule has 1 aromatic heterocycles. The standard InChI is InChI=1S/C18H23N3O2/c1-20-13-16(12-19-20)18(22)21-10-9-17(14-21)23-11-5-8-15-6-3-2-4-7-15/h2-4,6-7,12-13,17H,5,8-11,14H2,1H3. The summed E-state index contributed by atoms with van der Waals surface area (Å²) in [5, 5.41) is 4.06. The van der Waals surface area contributed by atoms with E-state index in [9.17, 15) is 4.79 Å². The van der Waals surface area contributed by atoms with Crippen LogP contribution in [0.5, 0.6) is 0 Å². The molecule has 1 aliphatic rings. The summed E-state index contributed by atoms with van der Waals surface area (Å²) < 4.78 is 7.59. The molecular weight excluding hydrogens is 290 g/mol. The van der Waals surface area contributed by atoms with E-state index in [4.69, 9.17) is 4.74 Å². The summed E-state index contributed by atoms with van der Waals surface area (Å²) in [6, 6.07) is 10.4. The number of aromatic nitrogens is 2. The zero-order valence-corrected chi connectivity index (χ0v) is 13.5. The van der Waals surface area contributed by atoms with Crippen LogP contribution < -0.4 is 0 Å². The largest absolute Gasteiger partial charge is 0.376 e. The Labute approximate surface area is 136 Å². The number of likely N-dealkylation sites (tertiary alicyclic amines) is 1. The van der Waals surface area contributed by atoms with Gasteiger partial charge < -0.3 is 9.64 Å². The number of carbonyl (C=O) groups excluding carboxylic acids is 1. The minimum atomic E-state index is 0.0495. The van der Waals surface area contributed by atoms with Crippen LogP contribution in [-0.4, -0.2) is 46.4 Å². The number of amides is 1. The minimum Gasteiger partial charge on any atom is -0.376 e. The highest BCUT2D eigenvalue weighted by molar-refractivity contribution is 5.93. The molecule has 0 radical (unpaired) electrons. The van der Waals surface area contributed by atoms with Crippen LogP contribution in [0.2, 0.25) is 0 Å². The molecule has 1 aliphatic heterocycles.